The highest BCUT2D eigenvalue weighted by Crippen LogP contribution is 2.02. The zero-order chi connectivity index (χ0) is 6.69. The van der Waals surface area contributed by atoms with E-state index in [-0.39, 0.29) is 5.78 Å². The van der Waals surface area contributed by atoms with Crippen molar-refractivity contribution in [2.24, 2.45) is 0 Å². The van der Waals surface area contributed by atoms with Crippen LogP contribution in [0, 0.1) is 0 Å². The van der Waals surface area contributed by atoms with E-state index in [1.54, 1.807) is 0 Å². The van der Waals surface area contributed by atoms with Crippen LogP contribution in [-0.2, 0) is 9.59 Å². The van der Waals surface area contributed by atoms with Crippen molar-refractivity contribution in [1.82, 2.24) is 4.90 Å². The van der Waals surface area contributed by atoms with E-state index in [9.17, 15) is 9.59 Å². The third-order valence-corrected chi connectivity index (χ3v) is 1.43. The van der Waals surface area contributed by atoms with Crippen molar-refractivity contribution in [2.45, 2.75) is 12.8 Å². The first kappa shape index (κ1) is 6.26. The third-order valence-electron chi connectivity index (χ3n) is 1.43. The summed E-state index contributed by atoms with van der Waals surface area (Å²) in [6, 6.07) is 0. The molecule has 0 radical (unpaired) electrons. The molecule has 1 saturated heterocycles. The lowest BCUT2D eigenvalue weighted by molar-refractivity contribution is -0.129. The van der Waals surface area contributed by atoms with Gasteiger partial charge in [0.2, 0.25) is 6.41 Å². The van der Waals surface area contributed by atoms with Gasteiger partial charge in [0.15, 0.2) is 5.78 Å². The van der Waals surface area contributed by atoms with Crippen LogP contribution < -0.4 is 0 Å². The molecule has 1 amide bonds. The molecule has 0 aromatic rings. The number of carbonyl (C=O) groups excluding carboxylic acids is 2. The van der Waals surface area contributed by atoms with Gasteiger partial charge in [-0.05, 0) is 6.42 Å². The summed E-state index contributed by atoms with van der Waals surface area (Å²) >= 11 is 0. The molecule has 1 rings (SSSR count). The summed E-state index contributed by atoms with van der Waals surface area (Å²) in [5.74, 6) is 0.174. The summed E-state index contributed by atoms with van der Waals surface area (Å²) in [6.45, 7) is 1.07. The predicted octanol–water partition coefficient (Wildman–Crippen LogP) is -0.192. The maximum atomic E-state index is 10.6. The second-order valence-corrected chi connectivity index (χ2v) is 2.22. The first-order valence-electron chi connectivity index (χ1n) is 3.04. The van der Waals surface area contributed by atoms with Gasteiger partial charge in [-0.15, -0.1) is 0 Å². The predicted molar refractivity (Wildman–Crippen MR) is 31.9 cm³/mol. The van der Waals surface area contributed by atoms with Crippen molar-refractivity contribution < 1.29 is 9.59 Å². The summed E-state index contributed by atoms with van der Waals surface area (Å²) in [5.41, 5.74) is 0. The number of nitrogens with zero attached hydrogens (tertiary/aromatic N) is 1. The summed E-state index contributed by atoms with van der Waals surface area (Å²) in [5, 5.41) is 0. The van der Waals surface area contributed by atoms with E-state index in [4.69, 9.17) is 0 Å². The normalized spacial score (nSPS) is 20.0. The van der Waals surface area contributed by atoms with Gasteiger partial charge in [-0.3, -0.25) is 9.59 Å². The molecule has 0 N–H and O–H groups in total. The number of rotatable bonds is 1. The average molecular weight is 127 g/mol. The summed E-state index contributed by atoms with van der Waals surface area (Å²) < 4.78 is 0. The molecule has 0 spiro atoms. The minimum Gasteiger partial charge on any atom is -0.338 e. The average Bonchev–Trinajstić information content (AvgIpc) is 1.88. The Labute approximate surface area is 53.6 Å². The Hall–Kier alpha value is -0.860. The zero-order valence-corrected chi connectivity index (χ0v) is 5.17. The molecule has 0 atom stereocenters. The Kier molecular flexibility index (Phi) is 1.82. The van der Waals surface area contributed by atoms with Gasteiger partial charge in [0.1, 0.15) is 0 Å². The highest BCUT2D eigenvalue weighted by atomic mass is 16.1. The molecule has 0 bridgehead atoms. The summed E-state index contributed by atoms with van der Waals surface area (Å²) in [6.07, 6.45) is 2.21. The lowest BCUT2D eigenvalue weighted by Crippen LogP contribution is -2.34. The first-order chi connectivity index (χ1) is 4.33. The standard InChI is InChI=1S/C6H9NO2/c8-5-7-3-1-2-6(9)4-7/h5H,1-4H2. The first-order valence-corrected chi connectivity index (χ1v) is 3.04. The molecular weight excluding hydrogens is 118 g/mol. The van der Waals surface area contributed by atoms with Crippen molar-refractivity contribution in [1.29, 1.82) is 0 Å². The van der Waals surface area contributed by atoms with Gasteiger partial charge in [0, 0.05) is 13.0 Å². The SMILES string of the molecule is O=CN1CCCC(=O)C1. The highest BCUT2D eigenvalue weighted by molar-refractivity contribution is 5.82. The van der Waals surface area contributed by atoms with Crippen molar-refractivity contribution in [3.8, 4) is 0 Å². The number of hydrogen-bond donors (Lipinski definition) is 0. The Morgan fingerprint density at radius 2 is 2.33 bits per heavy atom. The smallest absolute Gasteiger partial charge is 0.210 e. The molecule has 50 valence electrons. The van der Waals surface area contributed by atoms with Crippen LogP contribution in [0.25, 0.3) is 0 Å². The number of amides is 1. The lowest BCUT2D eigenvalue weighted by atomic mass is 10.1. The molecule has 1 aliphatic rings. The minimum absolute atomic E-state index is 0.174. The molecule has 0 unspecified atom stereocenters. The molecule has 0 saturated carbocycles. The van der Waals surface area contributed by atoms with E-state index in [1.807, 2.05) is 0 Å². The van der Waals surface area contributed by atoms with Crippen LogP contribution in [0.1, 0.15) is 12.8 Å². The van der Waals surface area contributed by atoms with Crippen molar-refractivity contribution in [3.05, 3.63) is 0 Å². The Morgan fingerprint density at radius 1 is 1.56 bits per heavy atom. The van der Waals surface area contributed by atoms with Crippen molar-refractivity contribution in [3.63, 3.8) is 0 Å². The number of carbonyl (C=O) groups is 2. The third kappa shape index (κ3) is 1.52. The van der Waals surface area contributed by atoms with Gasteiger partial charge in [-0.2, -0.15) is 0 Å². The van der Waals surface area contributed by atoms with E-state index in [1.165, 1.54) is 4.90 Å². The molecule has 9 heavy (non-hydrogen) atoms. The van der Waals surface area contributed by atoms with E-state index >= 15 is 0 Å². The van der Waals surface area contributed by atoms with Crippen LogP contribution in [0.5, 0.6) is 0 Å². The van der Waals surface area contributed by atoms with Gasteiger partial charge in [-0.1, -0.05) is 0 Å². The van der Waals surface area contributed by atoms with Crippen LogP contribution in [0.15, 0.2) is 0 Å². The molecule has 0 aromatic carbocycles. The number of hydrogen-bond acceptors (Lipinski definition) is 2. The molecular formula is C6H9NO2. The molecule has 0 aromatic heterocycles. The van der Waals surface area contributed by atoms with Crippen LogP contribution >= 0.6 is 0 Å². The lowest BCUT2D eigenvalue weighted by Gasteiger charge is -2.20. The van der Waals surface area contributed by atoms with Gasteiger partial charge < -0.3 is 4.90 Å². The number of likely N-dealkylation sites (tertiary alicyclic amines) is 1. The number of piperidine rings is 1. The fourth-order valence-corrected chi connectivity index (χ4v) is 0.954. The molecule has 3 heteroatoms. The monoisotopic (exact) mass is 127 g/mol. The Morgan fingerprint density at radius 3 is 2.78 bits per heavy atom. The molecule has 0 aliphatic carbocycles. The number of Topliss-reactive ketones (excluding diaryl/α,β-unsaturated/α-hetero) is 1. The minimum atomic E-state index is 0.174. The fraction of sp³-hybridized carbons (Fsp3) is 0.667. The second kappa shape index (κ2) is 2.62. The number of ketones is 1. The topological polar surface area (TPSA) is 37.4 Å². The van der Waals surface area contributed by atoms with Gasteiger partial charge in [0.05, 0.1) is 6.54 Å². The summed E-state index contributed by atoms with van der Waals surface area (Å²) in [7, 11) is 0. The maximum Gasteiger partial charge on any atom is 0.210 e. The Bertz CT molecular complexity index is 133. The van der Waals surface area contributed by atoms with E-state index in [0.717, 1.165) is 19.4 Å². The molecule has 1 aliphatic heterocycles. The summed E-state index contributed by atoms with van der Waals surface area (Å²) in [4.78, 5) is 22.2. The van der Waals surface area contributed by atoms with Crippen LogP contribution in [0.3, 0.4) is 0 Å². The van der Waals surface area contributed by atoms with E-state index in [2.05, 4.69) is 0 Å². The van der Waals surface area contributed by atoms with Gasteiger partial charge >= 0.3 is 0 Å². The Balaban J connectivity index is 2.40. The van der Waals surface area contributed by atoms with Crippen LogP contribution in [-0.4, -0.2) is 30.2 Å². The van der Waals surface area contributed by atoms with Gasteiger partial charge in [0.25, 0.3) is 0 Å². The fourth-order valence-electron chi connectivity index (χ4n) is 0.954. The highest BCUT2D eigenvalue weighted by Gasteiger charge is 2.13. The molecule has 3 nitrogen and oxygen atoms in total. The second-order valence-electron chi connectivity index (χ2n) is 2.22. The maximum absolute atomic E-state index is 10.6. The molecule has 1 heterocycles. The van der Waals surface area contributed by atoms with Crippen LogP contribution in [0.2, 0.25) is 0 Å². The van der Waals surface area contributed by atoms with Crippen LogP contribution in [0.4, 0.5) is 0 Å². The van der Waals surface area contributed by atoms with E-state index in [0.29, 0.717) is 13.0 Å². The quantitative estimate of drug-likeness (QED) is 0.458. The van der Waals surface area contributed by atoms with Crippen molar-refractivity contribution >= 4 is 12.2 Å². The largest absolute Gasteiger partial charge is 0.338 e. The van der Waals surface area contributed by atoms with Gasteiger partial charge in [-0.25, -0.2) is 0 Å². The zero-order valence-electron chi connectivity index (χ0n) is 5.17. The van der Waals surface area contributed by atoms with Crippen molar-refractivity contribution in [2.75, 3.05) is 13.1 Å². The van der Waals surface area contributed by atoms with E-state index < -0.39 is 0 Å². The molecule has 1 fully saturated rings.